The quantitative estimate of drug-likeness (QED) is 0.682. The summed E-state index contributed by atoms with van der Waals surface area (Å²) >= 11 is 0. The van der Waals surface area contributed by atoms with Gasteiger partial charge in [-0.25, -0.2) is 0 Å². The van der Waals surface area contributed by atoms with E-state index >= 15 is 0 Å². The maximum Gasteiger partial charge on any atom is 0.274 e. The highest BCUT2D eigenvalue weighted by atomic mass is 16.6. The third kappa shape index (κ3) is 2.00. The SMILES string of the molecule is NCc1ccc(C23CC4CC(CC(C4)C2)C3)cc1[N+](=O)[O-]. The standard InChI is InChI=1S/C17H22N2O2/c18-10-14-1-2-15(6-16(14)19(20)21)17-7-11-3-12(8-17)5-13(4-11)9-17/h1-2,6,11-13H,3-5,7-10,18H2. The van der Waals surface area contributed by atoms with E-state index < -0.39 is 0 Å². The molecule has 1 aromatic carbocycles. The molecular weight excluding hydrogens is 264 g/mol. The van der Waals surface area contributed by atoms with E-state index in [0.29, 0.717) is 5.56 Å². The second kappa shape index (κ2) is 4.54. The van der Waals surface area contributed by atoms with Crippen LogP contribution in [0, 0.1) is 27.9 Å². The first-order valence-corrected chi connectivity index (χ1v) is 8.07. The minimum atomic E-state index is -0.272. The van der Waals surface area contributed by atoms with Gasteiger partial charge in [-0.3, -0.25) is 10.1 Å². The van der Waals surface area contributed by atoms with Gasteiger partial charge in [-0.15, -0.1) is 0 Å². The lowest BCUT2D eigenvalue weighted by molar-refractivity contribution is -0.385. The summed E-state index contributed by atoms with van der Waals surface area (Å²) in [4.78, 5) is 11.0. The van der Waals surface area contributed by atoms with Crippen molar-refractivity contribution in [2.45, 2.75) is 50.5 Å². The number of benzene rings is 1. The molecular formula is C17H22N2O2. The molecule has 0 amide bonds. The summed E-state index contributed by atoms with van der Waals surface area (Å²) in [6.45, 7) is 0.234. The zero-order valence-corrected chi connectivity index (χ0v) is 12.3. The Kier molecular flexibility index (Phi) is 2.86. The molecule has 0 unspecified atom stereocenters. The lowest BCUT2D eigenvalue weighted by atomic mass is 9.48. The molecule has 2 N–H and O–H groups in total. The molecule has 112 valence electrons. The fourth-order valence-electron chi connectivity index (χ4n) is 5.70. The van der Waals surface area contributed by atoms with Gasteiger partial charge in [0, 0.05) is 18.2 Å². The zero-order valence-electron chi connectivity index (χ0n) is 12.3. The lowest BCUT2D eigenvalue weighted by Gasteiger charge is -2.57. The Hall–Kier alpha value is -1.42. The summed E-state index contributed by atoms with van der Waals surface area (Å²) < 4.78 is 0. The van der Waals surface area contributed by atoms with Crippen molar-refractivity contribution in [1.82, 2.24) is 0 Å². The van der Waals surface area contributed by atoms with Gasteiger partial charge in [0.25, 0.3) is 5.69 Å². The molecule has 5 rings (SSSR count). The van der Waals surface area contributed by atoms with Gasteiger partial charge in [-0.05, 0) is 67.3 Å². The molecule has 4 fully saturated rings. The molecule has 0 spiro atoms. The van der Waals surface area contributed by atoms with Gasteiger partial charge in [0.05, 0.1) is 4.92 Å². The van der Waals surface area contributed by atoms with Crippen molar-refractivity contribution in [3.8, 4) is 0 Å². The van der Waals surface area contributed by atoms with Crippen LogP contribution in [-0.2, 0) is 12.0 Å². The number of hydrogen-bond donors (Lipinski definition) is 1. The number of nitrogens with two attached hydrogens (primary N) is 1. The average molecular weight is 286 g/mol. The average Bonchev–Trinajstić information content (AvgIpc) is 2.45. The smallest absolute Gasteiger partial charge is 0.274 e. The number of nitro benzene ring substituents is 1. The van der Waals surface area contributed by atoms with E-state index in [1.54, 1.807) is 0 Å². The Morgan fingerprint density at radius 1 is 1.14 bits per heavy atom. The van der Waals surface area contributed by atoms with E-state index in [1.165, 1.54) is 44.1 Å². The predicted molar refractivity (Wildman–Crippen MR) is 80.8 cm³/mol. The molecule has 1 aromatic rings. The van der Waals surface area contributed by atoms with Crippen LogP contribution in [0.4, 0.5) is 5.69 Å². The van der Waals surface area contributed by atoms with Gasteiger partial charge in [0.15, 0.2) is 0 Å². The van der Waals surface area contributed by atoms with E-state index in [0.717, 1.165) is 17.8 Å². The molecule has 4 bridgehead atoms. The van der Waals surface area contributed by atoms with Crippen LogP contribution in [0.25, 0.3) is 0 Å². The van der Waals surface area contributed by atoms with Gasteiger partial charge in [-0.1, -0.05) is 12.1 Å². The van der Waals surface area contributed by atoms with Crippen LogP contribution in [0.5, 0.6) is 0 Å². The molecule has 0 saturated heterocycles. The molecule has 4 aliphatic rings. The highest BCUT2D eigenvalue weighted by Crippen LogP contribution is 2.60. The third-order valence-electron chi connectivity index (χ3n) is 6.15. The fourth-order valence-corrected chi connectivity index (χ4v) is 5.70. The Bertz CT molecular complexity index is 561. The van der Waals surface area contributed by atoms with Crippen LogP contribution < -0.4 is 5.73 Å². The topological polar surface area (TPSA) is 69.2 Å². The number of nitro groups is 1. The molecule has 21 heavy (non-hydrogen) atoms. The lowest BCUT2D eigenvalue weighted by Crippen LogP contribution is -2.48. The summed E-state index contributed by atoms with van der Waals surface area (Å²) in [6.07, 6.45) is 7.88. The van der Waals surface area contributed by atoms with Crippen LogP contribution in [0.1, 0.15) is 49.7 Å². The second-order valence-electron chi connectivity index (χ2n) is 7.50. The fraction of sp³-hybridized carbons (Fsp3) is 0.647. The highest BCUT2D eigenvalue weighted by molar-refractivity contribution is 5.46. The summed E-state index contributed by atoms with van der Waals surface area (Å²) in [5, 5.41) is 11.3. The minimum Gasteiger partial charge on any atom is -0.326 e. The van der Waals surface area contributed by atoms with E-state index in [9.17, 15) is 10.1 Å². The van der Waals surface area contributed by atoms with Crippen LogP contribution in [0.2, 0.25) is 0 Å². The molecule has 0 aliphatic heterocycles. The Balaban J connectivity index is 1.76. The van der Waals surface area contributed by atoms with Gasteiger partial charge < -0.3 is 5.73 Å². The van der Waals surface area contributed by atoms with E-state index in [-0.39, 0.29) is 22.6 Å². The van der Waals surface area contributed by atoms with Crippen LogP contribution in [-0.4, -0.2) is 4.92 Å². The van der Waals surface area contributed by atoms with E-state index in [2.05, 4.69) is 6.07 Å². The molecule has 4 aliphatic carbocycles. The summed E-state index contributed by atoms with van der Waals surface area (Å²) in [5.41, 5.74) is 7.92. The highest BCUT2D eigenvalue weighted by Gasteiger charge is 2.51. The van der Waals surface area contributed by atoms with Crippen molar-refractivity contribution in [3.63, 3.8) is 0 Å². The van der Waals surface area contributed by atoms with Gasteiger partial charge >= 0.3 is 0 Å². The second-order valence-corrected chi connectivity index (χ2v) is 7.50. The molecule has 0 heterocycles. The third-order valence-corrected chi connectivity index (χ3v) is 6.15. The Morgan fingerprint density at radius 3 is 2.19 bits per heavy atom. The van der Waals surface area contributed by atoms with Crippen molar-refractivity contribution in [3.05, 3.63) is 39.4 Å². The number of rotatable bonds is 3. The largest absolute Gasteiger partial charge is 0.326 e. The van der Waals surface area contributed by atoms with Crippen molar-refractivity contribution in [2.75, 3.05) is 0 Å². The van der Waals surface area contributed by atoms with E-state index in [4.69, 9.17) is 5.73 Å². The van der Waals surface area contributed by atoms with Crippen LogP contribution in [0.3, 0.4) is 0 Å². The van der Waals surface area contributed by atoms with Crippen molar-refractivity contribution in [2.24, 2.45) is 23.5 Å². The van der Waals surface area contributed by atoms with Gasteiger partial charge in [-0.2, -0.15) is 0 Å². The minimum absolute atomic E-state index is 0.214. The number of nitrogens with zero attached hydrogens (tertiary/aromatic N) is 1. The predicted octanol–water partition coefficient (Wildman–Crippen LogP) is 3.52. The van der Waals surface area contributed by atoms with E-state index in [1.807, 2.05) is 12.1 Å². The van der Waals surface area contributed by atoms with Crippen molar-refractivity contribution >= 4 is 5.69 Å². The maximum atomic E-state index is 11.3. The molecule has 4 nitrogen and oxygen atoms in total. The molecule has 4 saturated carbocycles. The Morgan fingerprint density at radius 2 is 1.71 bits per heavy atom. The molecule has 4 heteroatoms. The van der Waals surface area contributed by atoms with Crippen molar-refractivity contribution in [1.29, 1.82) is 0 Å². The Labute approximate surface area is 124 Å². The first-order chi connectivity index (χ1) is 10.1. The number of hydrogen-bond acceptors (Lipinski definition) is 3. The van der Waals surface area contributed by atoms with Gasteiger partial charge in [0.2, 0.25) is 0 Å². The van der Waals surface area contributed by atoms with Crippen LogP contribution in [0.15, 0.2) is 18.2 Å². The summed E-state index contributed by atoms with van der Waals surface area (Å²) in [6, 6.07) is 5.82. The van der Waals surface area contributed by atoms with Gasteiger partial charge in [0.1, 0.15) is 0 Å². The summed E-state index contributed by atoms with van der Waals surface area (Å²) in [7, 11) is 0. The first kappa shape index (κ1) is 13.3. The first-order valence-electron chi connectivity index (χ1n) is 8.07. The zero-order chi connectivity index (χ0) is 14.6. The van der Waals surface area contributed by atoms with Crippen LogP contribution >= 0.6 is 0 Å². The van der Waals surface area contributed by atoms with Crippen molar-refractivity contribution < 1.29 is 4.92 Å². The normalized spacial score (nSPS) is 36.9. The molecule has 0 aromatic heterocycles. The maximum absolute atomic E-state index is 11.3. The monoisotopic (exact) mass is 286 g/mol. The molecule has 0 atom stereocenters. The summed E-state index contributed by atoms with van der Waals surface area (Å²) in [5.74, 6) is 2.55. The molecule has 0 radical (unpaired) electrons.